The second-order valence-corrected chi connectivity index (χ2v) is 6.47. The summed E-state index contributed by atoms with van der Waals surface area (Å²) in [6.45, 7) is 5.69. The van der Waals surface area contributed by atoms with Gasteiger partial charge in [0.1, 0.15) is 0 Å². The highest BCUT2D eigenvalue weighted by molar-refractivity contribution is 8.00. The molecule has 0 aliphatic carbocycles. The van der Waals surface area contributed by atoms with E-state index in [2.05, 4.69) is 15.5 Å². The molecule has 3 amide bonds. The van der Waals surface area contributed by atoms with Gasteiger partial charge >= 0.3 is 6.03 Å². The number of nitrogens with one attached hydrogen (secondary N) is 1. The number of aromatic nitrogens is 2. The van der Waals surface area contributed by atoms with Crippen molar-refractivity contribution in [3.8, 4) is 11.5 Å². The van der Waals surface area contributed by atoms with Gasteiger partial charge in [-0.3, -0.25) is 10.1 Å². The van der Waals surface area contributed by atoms with Crippen molar-refractivity contribution in [3.05, 3.63) is 29.8 Å². The number of imide groups is 1. The summed E-state index contributed by atoms with van der Waals surface area (Å²) >= 11 is 1.11. The van der Waals surface area contributed by atoms with Crippen LogP contribution in [-0.4, -0.2) is 27.4 Å². The molecule has 1 atom stereocenters. The molecule has 0 spiro atoms. The molecule has 7 nitrogen and oxygen atoms in total. The summed E-state index contributed by atoms with van der Waals surface area (Å²) in [7, 11) is 0. The van der Waals surface area contributed by atoms with E-state index in [9.17, 15) is 9.59 Å². The Bertz CT molecular complexity index is 714. The number of rotatable bonds is 5. The summed E-state index contributed by atoms with van der Waals surface area (Å²) in [4.78, 5) is 22.8. The normalized spacial score (nSPS) is 12.2. The highest BCUT2D eigenvalue weighted by atomic mass is 32.2. The van der Waals surface area contributed by atoms with Gasteiger partial charge in [0.05, 0.1) is 5.25 Å². The molecule has 2 aromatic rings. The molecule has 2 rings (SSSR count). The number of benzene rings is 1. The number of hydrogen-bond acceptors (Lipinski definition) is 6. The Morgan fingerprint density at radius 1 is 1.30 bits per heavy atom. The monoisotopic (exact) mass is 334 g/mol. The fourth-order valence-corrected chi connectivity index (χ4v) is 2.82. The Labute approximate surface area is 138 Å². The SMILES string of the molecule is Cc1cccc(-c2nnc(S[C@H](C(=O)NC(N)=O)C(C)C)o2)c1. The number of aryl methyl sites for hydroxylation is 1. The maximum atomic E-state index is 12.0. The van der Waals surface area contributed by atoms with E-state index in [-0.39, 0.29) is 11.1 Å². The van der Waals surface area contributed by atoms with Gasteiger partial charge in [-0.2, -0.15) is 0 Å². The fourth-order valence-electron chi connectivity index (χ4n) is 1.95. The number of nitrogens with zero attached hydrogens (tertiary/aromatic N) is 2. The zero-order valence-electron chi connectivity index (χ0n) is 13.1. The van der Waals surface area contributed by atoms with Crippen LogP contribution in [-0.2, 0) is 4.79 Å². The van der Waals surface area contributed by atoms with Crippen molar-refractivity contribution in [2.24, 2.45) is 11.7 Å². The lowest BCUT2D eigenvalue weighted by molar-refractivity contribution is -0.120. The average molecular weight is 334 g/mol. The number of hydrogen-bond donors (Lipinski definition) is 2. The minimum absolute atomic E-state index is 0.0475. The third-order valence-electron chi connectivity index (χ3n) is 3.01. The molecule has 0 saturated heterocycles. The molecule has 1 aromatic carbocycles. The topological polar surface area (TPSA) is 111 Å². The van der Waals surface area contributed by atoms with Gasteiger partial charge in [-0.15, -0.1) is 10.2 Å². The zero-order valence-corrected chi connectivity index (χ0v) is 13.9. The predicted octanol–water partition coefficient (Wildman–Crippen LogP) is 2.36. The Morgan fingerprint density at radius 2 is 2.04 bits per heavy atom. The van der Waals surface area contributed by atoms with Gasteiger partial charge in [0.15, 0.2) is 0 Å². The average Bonchev–Trinajstić information content (AvgIpc) is 2.92. The van der Waals surface area contributed by atoms with Crippen molar-refractivity contribution < 1.29 is 14.0 Å². The molecule has 8 heteroatoms. The third kappa shape index (κ3) is 4.56. The maximum absolute atomic E-state index is 12.0. The number of urea groups is 1. The van der Waals surface area contributed by atoms with Gasteiger partial charge in [0, 0.05) is 5.56 Å². The minimum Gasteiger partial charge on any atom is -0.411 e. The highest BCUT2D eigenvalue weighted by Gasteiger charge is 2.27. The summed E-state index contributed by atoms with van der Waals surface area (Å²) < 4.78 is 5.61. The largest absolute Gasteiger partial charge is 0.411 e. The lowest BCUT2D eigenvalue weighted by atomic mass is 10.1. The van der Waals surface area contributed by atoms with E-state index in [0.29, 0.717) is 5.89 Å². The van der Waals surface area contributed by atoms with Crippen LogP contribution in [0.25, 0.3) is 11.5 Å². The number of nitrogens with two attached hydrogens (primary N) is 1. The first-order chi connectivity index (χ1) is 10.9. The Kier molecular flexibility index (Phi) is 5.38. The second-order valence-electron chi connectivity index (χ2n) is 5.38. The minimum atomic E-state index is -0.882. The number of primary amides is 1. The standard InChI is InChI=1S/C15H18N4O3S/c1-8(2)11(12(20)17-14(16)21)23-15-19-18-13(22-15)10-6-4-5-9(3)7-10/h4-8,11H,1-3H3,(H3,16,17,20,21)/t11-/m0/s1. The highest BCUT2D eigenvalue weighted by Crippen LogP contribution is 2.29. The van der Waals surface area contributed by atoms with E-state index in [4.69, 9.17) is 10.2 Å². The Balaban J connectivity index is 2.16. The van der Waals surface area contributed by atoms with Gasteiger partial charge in [-0.05, 0) is 25.0 Å². The van der Waals surface area contributed by atoms with E-state index in [1.54, 1.807) is 0 Å². The Hall–Kier alpha value is -2.35. The van der Waals surface area contributed by atoms with Crippen LogP contribution in [0.4, 0.5) is 4.79 Å². The molecule has 1 heterocycles. The van der Waals surface area contributed by atoms with Crippen LogP contribution in [0.1, 0.15) is 19.4 Å². The van der Waals surface area contributed by atoms with E-state index in [1.165, 1.54) is 0 Å². The summed E-state index contributed by atoms with van der Waals surface area (Å²) in [6.07, 6.45) is 0. The van der Waals surface area contributed by atoms with E-state index < -0.39 is 17.2 Å². The van der Waals surface area contributed by atoms with Crippen molar-refractivity contribution in [2.45, 2.75) is 31.2 Å². The Morgan fingerprint density at radius 3 is 2.65 bits per heavy atom. The second kappa shape index (κ2) is 7.28. The lowest BCUT2D eigenvalue weighted by Crippen LogP contribution is -2.42. The molecule has 0 radical (unpaired) electrons. The molecule has 122 valence electrons. The molecule has 3 N–H and O–H groups in total. The van der Waals surface area contributed by atoms with Crippen LogP contribution < -0.4 is 11.1 Å². The van der Waals surface area contributed by atoms with Crippen LogP contribution in [0.3, 0.4) is 0 Å². The predicted molar refractivity (Wildman–Crippen MR) is 86.7 cm³/mol. The maximum Gasteiger partial charge on any atom is 0.318 e. The molecule has 0 bridgehead atoms. The van der Waals surface area contributed by atoms with E-state index in [0.717, 1.165) is 22.9 Å². The molecule has 0 fully saturated rings. The number of amides is 3. The van der Waals surface area contributed by atoms with Crippen LogP contribution >= 0.6 is 11.8 Å². The van der Waals surface area contributed by atoms with Gasteiger partial charge in [-0.25, -0.2) is 4.79 Å². The smallest absolute Gasteiger partial charge is 0.318 e. The van der Waals surface area contributed by atoms with Crippen molar-refractivity contribution in [2.75, 3.05) is 0 Å². The molecule has 0 aliphatic heterocycles. The number of carbonyl (C=O) groups excluding carboxylic acids is 2. The quantitative estimate of drug-likeness (QED) is 0.812. The van der Waals surface area contributed by atoms with Crippen molar-refractivity contribution in [1.82, 2.24) is 15.5 Å². The summed E-state index contributed by atoms with van der Waals surface area (Å²) in [5, 5.41) is 9.74. The molecule has 23 heavy (non-hydrogen) atoms. The summed E-state index contributed by atoms with van der Waals surface area (Å²) in [5.41, 5.74) is 6.88. The van der Waals surface area contributed by atoms with Gasteiger partial charge in [0.2, 0.25) is 11.8 Å². The molecular weight excluding hydrogens is 316 g/mol. The number of carbonyl (C=O) groups is 2. The number of thioether (sulfide) groups is 1. The first-order valence-electron chi connectivity index (χ1n) is 7.04. The first-order valence-corrected chi connectivity index (χ1v) is 7.92. The zero-order chi connectivity index (χ0) is 17.0. The van der Waals surface area contributed by atoms with Gasteiger partial charge in [-0.1, -0.05) is 43.3 Å². The lowest BCUT2D eigenvalue weighted by Gasteiger charge is -2.16. The fraction of sp³-hybridized carbons (Fsp3) is 0.333. The van der Waals surface area contributed by atoms with Crippen LogP contribution in [0.15, 0.2) is 33.9 Å². The van der Waals surface area contributed by atoms with Crippen molar-refractivity contribution >= 4 is 23.7 Å². The summed E-state index contributed by atoms with van der Waals surface area (Å²) in [5.74, 6) is -0.143. The van der Waals surface area contributed by atoms with E-state index >= 15 is 0 Å². The molecular formula is C15H18N4O3S. The van der Waals surface area contributed by atoms with E-state index in [1.807, 2.05) is 45.0 Å². The van der Waals surface area contributed by atoms with Crippen LogP contribution in [0.5, 0.6) is 0 Å². The summed E-state index contributed by atoms with van der Waals surface area (Å²) in [6, 6.07) is 6.79. The van der Waals surface area contributed by atoms with Gasteiger partial charge in [0.25, 0.3) is 5.22 Å². The van der Waals surface area contributed by atoms with Crippen molar-refractivity contribution in [3.63, 3.8) is 0 Å². The van der Waals surface area contributed by atoms with Crippen molar-refractivity contribution in [1.29, 1.82) is 0 Å². The molecule has 0 unspecified atom stereocenters. The first kappa shape index (κ1) is 17.0. The van der Waals surface area contributed by atoms with Crippen LogP contribution in [0.2, 0.25) is 0 Å². The van der Waals surface area contributed by atoms with Gasteiger partial charge < -0.3 is 10.2 Å². The molecule has 0 aliphatic rings. The third-order valence-corrected chi connectivity index (χ3v) is 4.39. The van der Waals surface area contributed by atoms with Crippen LogP contribution in [0, 0.1) is 12.8 Å². The molecule has 1 aromatic heterocycles. The molecule has 0 saturated carbocycles.